The molecule has 0 saturated carbocycles. The van der Waals surface area contributed by atoms with Gasteiger partial charge in [-0.3, -0.25) is 9.59 Å². The third-order valence-electron chi connectivity index (χ3n) is 12.5. The van der Waals surface area contributed by atoms with Gasteiger partial charge in [0.15, 0.2) is 5.17 Å². The fourth-order valence-corrected chi connectivity index (χ4v) is 11.5. The van der Waals surface area contributed by atoms with Crippen LogP contribution in [0.2, 0.25) is 10.0 Å². The molecule has 5 atom stereocenters. The van der Waals surface area contributed by atoms with Crippen LogP contribution in [0.5, 0.6) is 0 Å². The van der Waals surface area contributed by atoms with Crippen molar-refractivity contribution in [1.82, 2.24) is 14.7 Å². The van der Waals surface area contributed by atoms with E-state index in [9.17, 15) is 9.59 Å². The summed E-state index contributed by atoms with van der Waals surface area (Å²) in [6, 6.07) is 30.2. The molecule has 4 aliphatic heterocycles. The molecule has 0 radical (unpaired) electrons. The van der Waals surface area contributed by atoms with Gasteiger partial charge >= 0.3 is 6.09 Å². The summed E-state index contributed by atoms with van der Waals surface area (Å²) >= 11 is 14.1. The van der Waals surface area contributed by atoms with E-state index in [0.717, 1.165) is 39.1 Å². The highest BCUT2D eigenvalue weighted by Gasteiger charge is 2.57. The highest BCUT2D eigenvalue weighted by atomic mass is 35.5. The number of primary amides is 1. The molecule has 0 aromatic heterocycles. The number of thioether (sulfide) groups is 1. The number of likely N-dealkylation sites (tertiary alicyclic amines) is 1. The standard InChI is InChI=1S/C46H45Cl2N5O5S/c1-26(2)39-40(59-45-50-46(3,28-14-18-30(48)19-15-28)41(53(39)45)27-12-16-29(47)17-13-27)43(55)52-36(24-35-33-10-6-4-8-31(33)32-9-5-7-11-34(32)35)38(58-44(49)56)25-37(52)42(54)51-20-22-57-23-21-51/h4-19,26,35-38,41H,20-25H2,1-3H3,(H2,49,56)/t36?,37-,38-,41+,46-/m0/s1. The number of halogens is 2. The molecule has 0 spiro atoms. The zero-order chi connectivity index (χ0) is 41.2. The molecule has 2 fully saturated rings. The van der Waals surface area contributed by atoms with Crippen molar-refractivity contribution in [2.24, 2.45) is 16.6 Å². The summed E-state index contributed by atoms with van der Waals surface area (Å²) in [5.74, 6) is -0.755. The van der Waals surface area contributed by atoms with Crippen LogP contribution in [-0.2, 0) is 24.6 Å². The number of nitrogens with two attached hydrogens (primary N) is 1. The molecule has 1 aliphatic carbocycles. The Morgan fingerprint density at radius 1 is 0.898 bits per heavy atom. The molecular formula is C46H45Cl2N5O5S. The number of carbonyl (C=O) groups is 3. The van der Waals surface area contributed by atoms with Gasteiger partial charge in [0.2, 0.25) is 5.91 Å². The number of carbonyl (C=O) groups excluding carboxylic acids is 3. The summed E-state index contributed by atoms with van der Waals surface area (Å²) in [6.45, 7) is 7.86. The summed E-state index contributed by atoms with van der Waals surface area (Å²) in [6.07, 6.45) is -1.24. The van der Waals surface area contributed by atoms with E-state index in [-0.39, 0.29) is 36.1 Å². The number of amides is 3. The van der Waals surface area contributed by atoms with Crippen molar-refractivity contribution in [2.45, 2.75) is 69.3 Å². The lowest BCUT2D eigenvalue weighted by Crippen LogP contribution is -2.53. The zero-order valence-electron chi connectivity index (χ0n) is 33.0. The number of nitrogens with zero attached hydrogens (tertiary/aromatic N) is 4. The first-order chi connectivity index (χ1) is 28.4. The second kappa shape index (κ2) is 15.7. The minimum atomic E-state index is -0.946. The monoisotopic (exact) mass is 849 g/mol. The van der Waals surface area contributed by atoms with E-state index in [0.29, 0.717) is 52.8 Å². The van der Waals surface area contributed by atoms with Crippen LogP contribution >= 0.6 is 35.0 Å². The molecule has 5 aliphatic rings. The second-order valence-corrected chi connectivity index (χ2v) is 18.1. The molecule has 1 unspecified atom stereocenters. The Balaban J connectivity index is 1.17. The van der Waals surface area contributed by atoms with Crippen LogP contribution in [0.3, 0.4) is 0 Å². The number of rotatable bonds is 8. The topological polar surface area (TPSA) is 118 Å². The number of allylic oxidation sites excluding steroid dienone is 1. The summed E-state index contributed by atoms with van der Waals surface area (Å²) in [5, 5.41) is 1.93. The number of hydrogen-bond acceptors (Lipinski definition) is 8. The van der Waals surface area contributed by atoms with Crippen molar-refractivity contribution >= 4 is 58.0 Å². The maximum absolute atomic E-state index is 15.8. The number of amidine groups is 1. The molecule has 2 saturated heterocycles. The third-order valence-corrected chi connectivity index (χ3v) is 14.1. The van der Waals surface area contributed by atoms with E-state index < -0.39 is 29.8 Å². The first kappa shape index (κ1) is 39.6. The van der Waals surface area contributed by atoms with Gasteiger partial charge in [0, 0.05) is 41.2 Å². The largest absolute Gasteiger partial charge is 0.444 e. The molecule has 3 amide bonds. The van der Waals surface area contributed by atoms with E-state index in [1.807, 2.05) is 72.8 Å². The average Bonchev–Trinajstić information content (AvgIpc) is 3.95. The Hall–Kier alpha value is -4.81. The lowest BCUT2D eigenvalue weighted by molar-refractivity contribution is -0.146. The Bertz CT molecular complexity index is 2340. The molecule has 4 aromatic rings. The molecule has 304 valence electrons. The van der Waals surface area contributed by atoms with E-state index in [1.165, 1.54) is 11.8 Å². The van der Waals surface area contributed by atoms with Crippen molar-refractivity contribution in [3.05, 3.63) is 140 Å². The Kier molecular flexibility index (Phi) is 10.5. The Morgan fingerprint density at radius 2 is 1.49 bits per heavy atom. The predicted octanol–water partition coefficient (Wildman–Crippen LogP) is 8.73. The molecule has 59 heavy (non-hydrogen) atoms. The van der Waals surface area contributed by atoms with E-state index in [2.05, 4.69) is 49.9 Å². The number of fused-ring (bicyclic) bond motifs is 4. The molecule has 10 nitrogen and oxygen atoms in total. The Labute approximate surface area is 358 Å². The number of hydrogen-bond donors (Lipinski definition) is 1. The number of morpholine rings is 1. The van der Waals surface area contributed by atoms with Crippen LogP contribution in [0.15, 0.2) is 113 Å². The molecule has 2 N–H and O–H groups in total. The smallest absolute Gasteiger partial charge is 0.404 e. The Morgan fingerprint density at radius 3 is 2.08 bits per heavy atom. The number of aliphatic imine (C=N–C) groups is 1. The summed E-state index contributed by atoms with van der Waals surface area (Å²) in [4.78, 5) is 54.8. The fraction of sp³-hybridized carbons (Fsp3) is 0.348. The normalized spacial score (nSPS) is 25.0. The van der Waals surface area contributed by atoms with Crippen LogP contribution in [0.1, 0.15) is 67.8 Å². The fourth-order valence-electron chi connectivity index (χ4n) is 9.89. The van der Waals surface area contributed by atoms with Crippen molar-refractivity contribution in [1.29, 1.82) is 0 Å². The molecule has 13 heteroatoms. The van der Waals surface area contributed by atoms with Crippen molar-refractivity contribution in [3.63, 3.8) is 0 Å². The average molecular weight is 851 g/mol. The van der Waals surface area contributed by atoms with Crippen molar-refractivity contribution < 1.29 is 23.9 Å². The van der Waals surface area contributed by atoms with E-state index in [1.54, 1.807) is 9.80 Å². The van der Waals surface area contributed by atoms with Crippen LogP contribution < -0.4 is 5.73 Å². The SMILES string of the molecule is CC(C)C1=C(C(=O)N2C(CC3c4ccccc4-c4ccccc43)[C@@H](OC(N)=O)C[C@H]2C(=O)N2CCOCC2)SC2=N[C@@](C)(c3ccc(Cl)cc3)[C@@H](c3ccc(Cl)cc3)N21. The molecule has 9 rings (SSSR count). The first-order valence-corrected chi connectivity index (χ1v) is 21.7. The van der Waals surface area contributed by atoms with Gasteiger partial charge in [-0.05, 0) is 88.7 Å². The lowest BCUT2D eigenvalue weighted by Gasteiger charge is -2.38. The molecular weight excluding hydrogens is 806 g/mol. The predicted molar refractivity (Wildman–Crippen MR) is 231 cm³/mol. The number of benzene rings is 4. The molecule has 0 bridgehead atoms. The summed E-state index contributed by atoms with van der Waals surface area (Å²) in [5.41, 5.74) is 12.3. The maximum Gasteiger partial charge on any atom is 0.404 e. The lowest BCUT2D eigenvalue weighted by atomic mass is 9.81. The van der Waals surface area contributed by atoms with E-state index in [4.69, 9.17) is 43.4 Å². The van der Waals surface area contributed by atoms with Gasteiger partial charge in [-0.15, -0.1) is 0 Å². The zero-order valence-corrected chi connectivity index (χ0v) is 35.3. The molecule has 4 aromatic carbocycles. The van der Waals surface area contributed by atoms with Crippen LogP contribution in [0.4, 0.5) is 4.79 Å². The maximum atomic E-state index is 15.8. The van der Waals surface area contributed by atoms with Crippen molar-refractivity contribution in [2.75, 3.05) is 26.3 Å². The van der Waals surface area contributed by atoms with Gasteiger partial charge in [-0.1, -0.05) is 110 Å². The first-order valence-electron chi connectivity index (χ1n) is 20.1. The minimum Gasteiger partial charge on any atom is -0.444 e. The van der Waals surface area contributed by atoms with Crippen LogP contribution in [0, 0.1) is 5.92 Å². The third kappa shape index (κ3) is 6.89. The quantitative estimate of drug-likeness (QED) is 0.189. The minimum absolute atomic E-state index is 0.118. The van der Waals surface area contributed by atoms with E-state index >= 15 is 4.79 Å². The highest BCUT2D eigenvalue weighted by molar-refractivity contribution is 8.18. The number of ether oxygens (including phenoxy) is 2. The van der Waals surface area contributed by atoms with Gasteiger partial charge in [0.25, 0.3) is 5.91 Å². The van der Waals surface area contributed by atoms with Gasteiger partial charge < -0.3 is 29.9 Å². The second-order valence-electron chi connectivity index (χ2n) is 16.3. The van der Waals surface area contributed by atoms with Gasteiger partial charge in [0.05, 0.1) is 25.3 Å². The van der Waals surface area contributed by atoms with Gasteiger partial charge in [-0.2, -0.15) is 0 Å². The van der Waals surface area contributed by atoms with Crippen molar-refractivity contribution in [3.8, 4) is 11.1 Å². The highest BCUT2D eigenvalue weighted by Crippen LogP contribution is 2.57. The summed E-state index contributed by atoms with van der Waals surface area (Å²) in [7, 11) is 0. The van der Waals surface area contributed by atoms with Crippen LogP contribution in [0.25, 0.3) is 11.1 Å². The van der Waals surface area contributed by atoms with Gasteiger partial charge in [0.1, 0.15) is 22.6 Å². The van der Waals surface area contributed by atoms with Gasteiger partial charge in [-0.25, -0.2) is 9.79 Å². The summed E-state index contributed by atoms with van der Waals surface area (Å²) < 4.78 is 11.5. The van der Waals surface area contributed by atoms with Crippen LogP contribution in [-0.4, -0.2) is 82.3 Å². The molecule has 4 heterocycles.